The van der Waals surface area contributed by atoms with Crippen molar-refractivity contribution in [1.29, 1.82) is 0 Å². The molecule has 1 fully saturated rings. The van der Waals surface area contributed by atoms with Crippen LogP contribution in [0.2, 0.25) is 0 Å². The summed E-state index contributed by atoms with van der Waals surface area (Å²) in [6, 6.07) is 0.571. The first-order valence-electron chi connectivity index (χ1n) is 5.16. The van der Waals surface area contributed by atoms with E-state index >= 15 is 0 Å². The van der Waals surface area contributed by atoms with E-state index in [1.807, 2.05) is 6.20 Å². The van der Waals surface area contributed by atoms with E-state index in [1.54, 1.807) is 13.4 Å². The van der Waals surface area contributed by atoms with Crippen molar-refractivity contribution in [3.63, 3.8) is 0 Å². The average Bonchev–Trinajstić information content (AvgIpc) is 2.72. The number of hydrogen-bond donors (Lipinski definition) is 2. The molecule has 1 aliphatic carbocycles. The van der Waals surface area contributed by atoms with Gasteiger partial charge in [-0.3, -0.25) is 0 Å². The maximum Gasteiger partial charge on any atom is 0.123 e. The summed E-state index contributed by atoms with van der Waals surface area (Å²) in [7, 11) is 1.80. The summed E-state index contributed by atoms with van der Waals surface area (Å²) in [4.78, 5) is 7.03. The predicted molar refractivity (Wildman–Crippen MR) is 55.3 cm³/mol. The summed E-state index contributed by atoms with van der Waals surface area (Å²) in [5.41, 5.74) is 0. The van der Waals surface area contributed by atoms with Gasteiger partial charge in [0, 0.05) is 13.2 Å². The molecule has 0 aromatic carbocycles. The lowest BCUT2D eigenvalue weighted by atomic mass is 9.93. The highest BCUT2D eigenvalue weighted by molar-refractivity contribution is 5.31. The zero-order valence-electron chi connectivity index (χ0n) is 8.49. The predicted octanol–water partition coefficient (Wildman–Crippen LogP) is 1.78. The molecule has 0 unspecified atom stereocenters. The first-order valence-corrected chi connectivity index (χ1v) is 5.16. The number of H-pyrrole nitrogens is 1. The molecule has 0 spiro atoms. The Kier molecular flexibility index (Phi) is 3.03. The van der Waals surface area contributed by atoms with Crippen LogP contribution in [0.4, 0.5) is 5.82 Å². The van der Waals surface area contributed by atoms with Gasteiger partial charge in [-0.05, 0) is 25.7 Å². The molecule has 1 aromatic rings. The third-order valence-corrected chi connectivity index (χ3v) is 2.87. The molecule has 2 N–H and O–H groups in total. The van der Waals surface area contributed by atoms with E-state index in [4.69, 9.17) is 4.74 Å². The smallest absolute Gasteiger partial charge is 0.123 e. The van der Waals surface area contributed by atoms with E-state index in [0.717, 1.165) is 18.7 Å². The monoisotopic (exact) mass is 195 g/mol. The van der Waals surface area contributed by atoms with Crippen LogP contribution in [0.1, 0.15) is 25.7 Å². The van der Waals surface area contributed by atoms with Crippen molar-refractivity contribution in [1.82, 2.24) is 9.97 Å². The Hall–Kier alpha value is -1.03. The van der Waals surface area contributed by atoms with E-state index in [2.05, 4.69) is 15.3 Å². The Bertz CT molecular complexity index is 252. The Balaban J connectivity index is 1.79. The molecular weight excluding hydrogens is 178 g/mol. The van der Waals surface area contributed by atoms with Crippen LogP contribution >= 0.6 is 0 Å². The fourth-order valence-electron chi connectivity index (χ4n) is 2.00. The molecule has 1 saturated carbocycles. The van der Waals surface area contributed by atoms with Gasteiger partial charge in [0.05, 0.1) is 18.6 Å². The number of hydrogen-bond acceptors (Lipinski definition) is 3. The van der Waals surface area contributed by atoms with Gasteiger partial charge < -0.3 is 15.0 Å². The normalized spacial score (nSPS) is 27.5. The standard InChI is InChI=1S/C10H17N3O/c1-14-9-4-2-8(3-5-9)13-10-6-11-7-12-10/h6-9,13H,2-5H2,1H3,(H,11,12). The average molecular weight is 195 g/mol. The highest BCUT2D eigenvalue weighted by Gasteiger charge is 2.20. The molecular formula is C10H17N3O. The molecule has 0 saturated heterocycles. The Morgan fingerprint density at radius 1 is 1.43 bits per heavy atom. The highest BCUT2D eigenvalue weighted by atomic mass is 16.5. The van der Waals surface area contributed by atoms with Crippen LogP contribution in [-0.4, -0.2) is 29.2 Å². The van der Waals surface area contributed by atoms with Crippen molar-refractivity contribution in [2.75, 3.05) is 12.4 Å². The summed E-state index contributed by atoms with van der Waals surface area (Å²) < 4.78 is 5.33. The third-order valence-electron chi connectivity index (χ3n) is 2.87. The molecule has 14 heavy (non-hydrogen) atoms. The molecule has 78 valence electrons. The molecule has 4 nitrogen and oxygen atoms in total. The molecule has 1 aliphatic rings. The number of ether oxygens (including phenoxy) is 1. The highest BCUT2D eigenvalue weighted by Crippen LogP contribution is 2.22. The summed E-state index contributed by atoms with van der Waals surface area (Å²) in [5.74, 6) is 1.02. The second-order valence-corrected chi connectivity index (χ2v) is 3.82. The van der Waals surface area contributed by atoms with E-state index < -0.39 is 0 Å². The minimum absolute atomic E-state index is 0.467. The number of nitrogens with zero attached hydrogens (tertiary/aromatic N) is 1. The second kappa shape index (κ2) is 4.46. The fraction of sp³-hybridized carbons (Fsp3) is 0.700. The lowest BCUT2D eigenvalue weighted by Gasteiger charge is -2.28. The lowest BCUT2D eigenvalue weighted by Crippen LogP contribution is -2.29. The van der Waals surface area contributed by atoms with Crippen molar-refractivity contribution < 1.29 is 4.74 Å². The van der Waals surface area contributed by atoms with Crippen molar-refractivity contribution >= 4 is 5.82 Å². The van der Waals surface area contributed by atoms with E-state index in [9.17, 15) is 0 Å². The molecule has 1 heterocycles. The van der Waals surface area contributed by atoms with Gasteiger partial charge in [0.1, 0.15) is 5.82 Å². The molecule has 0 amide bonds. The Morgan fingerprint density at radius 2 is 2.21 bits per heavy atom. The lowest BCUT2D eigenvalue weighted by molar-refractivity contribution is 0.0681. The molecule has 4 heteroatoms. The zero-order valence-corrected chi connectivity index (χ0v) is 8.49. The largest absolute Gasteiger partial charge is 0.381 e. The van der Waals surface area contributed by atoms with E-state index in [-0.39, 0.29) is 0 Å². The third kappa shape index (κ3) is 2.26. The second-order valence-electron chi connectivity index (χ2n) is 3.82. The Morgan fingerprint density at radius 3 is 2.79 bits per heavy atom. The number of rotatable bonds is 3. The summed E-state index contributed by atoms with van der Waals surface area (Å²) >= 11 is 0. The van der Waals surface area contributed by atoms with Crippen LogP contribution < -0.4 is 5.32 Å². The summed E-state index contributed by atoms with van der Waals surface area (Å²) in [6.07, 6.45) is 8.65. The van der Waals surface area contributed by atoms with Gasteiger partial charge in [0.2, 0.25) is 0 Å². The van der Waals surface area contributed by atoms with E-state index in [0.29, 0.717) is 12.1 Å². The van der Waals surface area contributed by atoms with Gasteiger partial charge in [-0.1, -0.05) is 0 Å². The van der Waals surface area contributed by atoms with Crippen LogP contribution in [-0.2, 0) is 4.74 Å². The SMILES string of the molecule is COC1CCC(Nc2cnc[nH]2)CC1. The van der Waals surface area contributed by atoms with Crippen LogP contribution in [0.25, 0.3) is 0 Å². The molecule has 0 aliphatic heterocycles. The van der Waals surface area contributed by atoms with Gasteiger partial charge in [-0.2, -0.15) is 0 Å². The van der Waals surface area contributed by atoms with Crippen LogP contribution in [0.3, 0.4) is 0 Å². The van der Waals surface area contributed by atoms with Crippen molar-refractivity contribution in [3.05, 3.63) is 12.5 Å². The van der Waals surface area contributed by atoms with E-state index in [1.165, 1.54) is 12.8 Å². The molecule has 0 bridgehead atoms. The number of aromatic amines is 1. The summed E-state index contributed by atoms with van der Waals surface area (Å²) in [6.45, 7) is 0. The maximum absolute atomic E-state index is 5.33. The van der Waals surface area contributed by atoms with Gasteiger partial charge in [-0.15, -0.1) is 0 Å². The van der Waals surface area contributed by atoms with Crippen LogP contribution in [0.15, 0.2) is 12.5 Å². The first-order chi connectivity index (χ1) is 6.88. The maximum atomic E-state index is 5.33. The minimum Gasteiger partial charge on any atom is -0.381 e. The zero-order chi connectivity index (χ0) is 9.80. The molecule has 0 radical (unpaired) electrons. The number of nitrogens with one attached hydrogen (secondary N) is 2. The quantitative estimate of drug-likeness (QED) is 0.773. The molecule has 1 aromatic heterocycles. The number of imidazole rings is 1. The van der Waals surface area contributed by atoms with Crippen molar-refractivity contribution in [2.24, 2.45) is 0 Å². The summed E-state index contributed by atoms with van der Waals surface area (Å²) in [5, 5.41) is 3.43. The van der Waals surface area contributed by atoms with Crippen molar-refractivity contribution in [3.8, 4) is 0 Å². The van der Waals surface area contributed by atoms with Crippen LogP contribution in [0, 0.1) is 0 Å². The van der Waals surface area contributed by atoms with Gasteiger partial charge in [0.15, 0.2) is 0 Å². The van der Waals surface area contributed by atoms with Gasteiger partial charge in [-0.25, -0.2) is 4.98 Å². The number of aromatic nitrogens is 2. The fourth-order valence-corrected chi connectivity index (χ4v) is 2.00. The number of methoxy groups -OCH3 is 1. The molecule has 0 atom stereocenters. The minimum atomic E-state index is 0.467. The molecule has 2 rings (SSSR count). The van der Waals surface area contributed by atoms with Gasteiger partial charge in [0.25, 0.3) is 0 Å². The topological polar surface area (TPSA) is 49.9 Å². The van der Waals surface area contributed by atoms with Gasteiger partial charge >= 0.3 is 0 Å². The van der Waals surface area contributed by atoms with Crippen molar-refractivity contribution in [2.45, 2.75) is 37.8 Å². The Labute approximate surface area is 84.1 Å². The first kappa shape index (κ1) is 9.52. The number of anilines is 1. The van der Waals surface area contributed by atoms with Crippen LogP contribution in [0.5, 0.6) is 0 Å².